The predicted octanol–water partition coefficient (Wildman–Crippen LogP) is 1.90. The van der Waals surface area contributed by atoms with E-state index in [1.807, 2.05) is 51.1 Å². The van der Waals surface area contributed by atoms with Crippen molar-refractivity contribution in [3.63, 3.8) is 0 Å². The van der Waals surface area contributed by atoms with Gasteiger partial charge in [0, 0.05) is 7.05 Å². The number of benzene rings is 1. The minimum atomic E-state index is -0.491. The summed E-state index contributed by atoms with van der Waals surface area (Å²) in [6.45, 7) is 6.87. The SMILES string of the molecule is CN(CCOc1ccccc1)C(=O)[C@H](N)C(C)(C)C. The van der Waals surface area contributed by atoms with Crippen LogP contribution in [0.4, 0.5) is 0 Å². The number of rotatable bonds is 5. The second kappa shape index (κ2) is 6.57. The summed E-state index contributed by atoms with van der Waals surface area (Å²) in [6.07, 6.45) is 0. The van der Waals surface area contributed by atoms with E-state index < -0.39 is 6.04 Å². The smallest absolute Gasteiger partial charge is 0.239 e. The van der Waals surface area contributed by atoms with Crippen molar-refractivity contribution >= 4 is 5.91 Å². The lowest BCUT2D eigenvalue weighted by atomic mass is 9.86. The van der Waals surface area contributed by atoms with Gasteiger partial charge in [0.15, 0.2) is 0 Å². The molecule has 1 aromatic carbocycles. The molecule has 0 radical (unpaired) electrons. The highest BCUT2D eigenvalue weighted by atomic mass is 16.5. The van der Waals surface area contributed by atoms with Crippen molar-refractivity contribution in [2.75, 3.05) is 20.2 Å². The Morgan fingerprint density at radius 1 is 1.32 bits per heavy atom. The van der Waals surface area contributed by atoms with Gasteiger partial charge >= 0.3 is 0 Å². The van der Waals surface area contributed by atoms with Crippen molar-refractivity contribution in [1.82, 2.24) is 4.90 Å². The van der Waals surface area contributed by atoms with Gasteiger partial charge in [-0.05, 0) is 17.5 Å². The highest BCUT2D eigenvalue weighted by molar-refractivity contribution is 5.82. The van der Waals surface area contributed by atoms with Gasteiger partial charge in [-0.1, -0.05) is 39.0 Å². The van der Waals surface area contributed by atoms with E-state index in [1.165, 1.54) is 0 Å². The Morgan fingerprint density at radius 2 is 1.89 bits per heavy atom. The highest BCUT2D eigenvalue weighted by Gasteiger charge is 2.29. The van der Waals surface area contributed by atoms with Crippen LogP contribution >= 0.6 is 0 Å². The number of carbonyl (C=O) groups excluding carboxylic acids is 1. The molecule has 0 aromatic heterocycles. The van der Waals surface area contributed by atoms with Gasteiger partial charge in [0.2, 0.25) is 5.91 Å². The number of nitrogens with zero attached hydrogens (tertiary/aromatic N) is 1. The minimum absolute atomic E-state index is 0.0517. The van der Waals surface area contributed by atoms with Crippen molar-refractivity contribution in [1.29, 1.82) is 0 Å². The molecule has 106 valence electrons. The van der Waals surface area contributed by atoms with Crippen molar-refractivity contribution in [2.24, 2.45) is 11.1 Å². The summed E-state index contributed by atoms with van der Waals surface area (Å²) in [4.78, 5) is 13.7. The van der Waals surface area contributed by atoms with Crippen LogP contribution in [-0.4, -0.2) is 37.0 Å². The lowest BCUT2D eigenvalue weighted by Gasteiger charge is -2.29. The average Bonchev–Trinajstić information content (AvgIpc) is 2.37. The number of carbonyl (C=O) groups is 1. The van der Waals surface area contributed by atoms with Crippen LogP contribution in [0.15, 0.2) is 30.3 Å². The molecule has 1 rings (SSSR count). The van der Waals surface area contributed by atoms with Crippen molar-refractivity contribution in [3.8, 4) is 5.75 Å². The zero-order valence-electron chi connectivity index (χ0n) is 12.2. The second-order valence-electron chi connectivity index (χ2n) is 5.77. The topological polar surface area (TPSA) is 55.6 Å². The monoisotopic (exact) mass is 264 g/mol. The molecule has 4 nitrogen and oxygen atoms in total. The Bertz CT molecular complexity index is 398. The Labute approximate surface area is 115 Å². The molecule has 0 heterocycles. The van der Waals surface area contributed by atoms with Crippen LogP contribution < -0.4 is 10.5 Å². The molecule has 1 aromatic rings. The molecule has 0 spiro atoms. The van der Waals surface area contributed by atoms with Crippen LogP contribution in [0.3, 0.4) is 0 Å². The van der Waals surface area contributed by atoms with Crippen LogP contribution in [0.2, 0.25) is 0 Å². The molecule has 0 unspecified atom stereocenters. The molecule has 1 amide bonds. The van der Waals surface area contributed by atoms with Crippen LogP contribution in [0, 0.1) is 5.41 Å². The maximum atomic E-state index is 12.1. The van der Waals surface area contributed by atoms with Crippen LogP contribution in [0.25, 0.3) is 0 Å². The number of nitrogens with two attached hydrogens (primary N) is 1. The molecule has 0 aliphatic rings. The minimum Gasteiger partial charge on any atom is -0.492 e. The summed E-state index contributed by atoms with van der Waals surface area (Å²) in [5, 5.41) is 0. The van der Waals surface area contributed by atoms with E-state index in [4.69, 9.17) is 10.5 Å². The first-order valence-electron chi connectivity index (χ1n) is 6.51. The van der Waals surface area contributed by atoms with E-state index in [-0.39, 0.29) is 11.3 Å². The van der Waals surface area contributed by atoms with E-state index in [0.717, 1.165) is 5.75 Å². The third-order valence-corrected chi connectivity index (χ3v) is 3.01. The largest absolute Gasteiger partial charge is 0.492 e. The van der Waals surface area contributed by atoms with E-state index in [0.29, 0.717) is 13.2 Å². The third-order valence-electron chi connectivity index (χ3n) is 3.01. The summed E-state index contributed by atoms with van der Waals surface area (Å²) in [6, 6.07) is 9.06. The van der Waals surface area contributed by atoms with E-state index in [1.54, 1.807) is 11.9 Å². The number of hydrogen-bond acceptors (Lipinski definition) is 3. The molecule has 0 saturated heterocycles. The van der Waals surface area contributed by atoms with Gasteiger partial charge in [0.1, 0.15) is 12.4 Å². The molecule has 1 atom stereocenters. The Balaban J connectivity index is 2.39. The molecule has 2 N–H and O–H groups in total. The maximum absolute atomic E-state index is 12.1. The molecule has 0 fully saturated rings. The summed E-state index contributed by atoms with van der Waals surface area (Å²) >= 11 is 0. The summed E-state index contributed by atoms with van der Waals surface area (Å²) < 4.78 is 5.56. The van der Waals surface area contributed by atoms with Crippen LogP contribution in [0.5, 0.6) is 5.75 Å². The van der Waals surface area contributed by atoms with Gasteiger partial charge in [-0.25, -0.2) is 0 Å². The van der Waals surface area contributed by atoms with Crippen molar-refractivity contribution in [2.45, 2.75) is 26.8 Å². The fourth-order valence-corrected chi connectivity index (χ4v) is 1.54. The van der Waals surface area contributed by atoms with E-state index in [9.17, 15) is 4.79 Å². The molecule has 19 heavy (non-hydrogen) atoms. The van der Waals surface area contributed by atoms with Gasteiger partial charge < -0.3 is 15.4 Å². The number of hydrogen-bond donors (Lipinski definition) is 1. The fourth-order valence-electron chi connectivity index (χ4n) is 1.54. The first-order valence-corrected chi connectivity index (χ1v) is 6.51. The van der Waals surface area contributed by atoms with Gasteiger partial charge in [-0.2, -0.15) is 0 Å². The van der Waals surface area contributed by atoms with Crippen molar-refractivity contribution in [3.05, 3.63) is 30.3 Å². The Hall–Kier alpha value is -1.55. The third kappa shape index (κ3) is 4.91. The summed E-state index contributed by atoms with van der Waals surface area (Å²) in [5.74, 6) is 0.757. The van der Waals surface area contributed by atoms with Crippen molar-refractivity contribution < 1.29 is 9.53 Å². The first kappa shape index (κ1) is 15.5. The summed E-state index contributed by atoms with van der Waals surface area (Å²) in [7, 11) is 1.75. The Morgan fingerprint density at radius 3 is 2.42 bits per heavy atom. The maximum Gasteiger partial charge on any atom is 0.239 e. The van der Waals surface area contributed by atoms with Gasteiger partial charge in [-0.3, -0.25) is 4.79 Å². The molecule has 4 heteroatoms. The van der Waals surface area contributed by atoms with E-state index >= 15 is 0 Å². The summed E-state index contributed by atoms with van der Waals surface area (Å²) in [5.41, 5.74) is 5.72. The quantitative estimate of drug-likeness (QED) is 0.883. The molecule has 0 bridgehead atoms. The lowest BCUT2D eigenvalue weighted by molar-refractivity contribution is -0.133. The molecular formula is C15H24N2O2. The van der Waals surface area contributed by atoms with Crippen LogP contribution in [-0.2, 0) is 4.79 Å². The molecule has 0 aliphatic carbocycles. The number of likely N-dealkylation sites (N-methyl/N-ethyl adjacent to an activating group) is 1. The van der Waals surface area contributed by atoms with Gasteiger partial charge in [-0.15, -0.1) is 0 Å². The fraction of sp³-hybridized carbons (Fsp3) is 0.533. The highest BCUT2D eigenvalue weighted by Crippen LogP contribution is 2.18. The molecule has 0 saturated carbocycles. The number of para-hydroxylation sites is 1. The average molecular weight is 264 g/mol. The van der Waals surface area contributed by atoms with Gasteiger partial charge in [0.25, 0.3) is 0 Å². The predicted molar refractivity (Wildman–Crippen MR) is 77.0 cm³/mol. The number of ether oxygens (including phenoxy) is 1. The zero-order valence-corrected chi connectivity index (χ0v) is 12.2. The standard InChI is InChI=1S/C15H24N2O2/c1-15(2,3)13(16)14(18)17(4)10-11-19-12-8-6-5-7-9-12/h5-9,13H,10-11,16H2,1-4H3/t13-/m0/s1. The first-order chi connectivity index (χ1) is 8.82. The zero-order chi connectivity index (χ0) is 14.5. The normalized spacial score (nSPS) is 12.9. The molecule has 0 aliphatic heterocycles. The Kier molecular flexibility index (Phi) is 5.36. The lowest BCUT2D eigenvalue weighted by Crippen LogP contribution is -2.49. The van der Waals surface area contributed by atoms with E-state index in [2.05, 4.69) is 0 Å². The molecular weight excluding hydrogens is 240 g/mol. The van der Waals surface area contributed by atoms with Crippen LogP contribution in [0.1, 0.15) is 20.8 Å². The number of amides is 1. The second-order valence-corrected chi connectivity index (χ2v) is 5.77. The van der Waals surface area contributed by atoms with Gasteiger partial charge in [0.05, 0.1) is 12.6 Å².